The summed E-state index contributed by atoms with van der Waals surface area (Å²) in [4.78, 5) is 15.5. The Labute approximate surface area is 323 Å². The lowest BCUT2D eigenvalue weighted by molar-refractivity contribution is 0.672. The molecule has 13 aromatic rings. The highest BCUT2D eigenvalue weighted by atomic mass is 16.3. The molecule has 0 atom stereocenters. The summed E-state index contributed by atoms with van der Waals surface area (Å²) in [6.45, 7) is 0. The molecule has 57 heavy (non-hydrogen) atoms. The lowest BCUT2D eigenvalue weighted by atomic mass is 10.0. The minimum atomic E-state index is 0.568. The van der Waals surface area contributed by atoms with Gasteiger partial charge in [0, 0.05) is 65.2 Å². The van der Waals surface area contributed by atoms with Crippen molar-refractivity contribution in [3.05, 3.63) is 164 Å². The average Bonchev–Trinajstić information content (AvgIpc) is 3.97. The highest BCUT2D eigenvalue weighted by Gasteiger charge is 2.19. The number of fused-ring (bicyclic) bond motifs is 15. The number of hydrogen-bond donors (Lipinski definition) is 0. The molecule has 264 valence electrons. The smallest absolute Gasteiger partial charge is 0.164 e. The molecule has 0 fully saturated rings. The molecule has 4 aromatic heterocycles. The quantitative estimate of drug-likeness (QED) is 0.180. The molecule has 0 saturated carbocycles. The van der Waals surface area contributed by atoms with Crippen LogP contribution in [0.3, 0.4) is 0 Å². The summed E-state index contributed by atoms with van der Waals surface area (Å²) < 4.78 is 19.4. The Morgan fingerprint density at radius 1 is 0.263 bits per heavy atom. The Kier molecular flexibility index (Phi) is 6.07. The maximum atomic E-state index is 6.46. The first-order chi connectivity index (χ1) is 28.2. The highest BCUT2D eigenvalue weighted by Crippen LogP contribution is 2.40. The van der Waals surface area contributed by atoms with E-state index in [2.05, 4.69) is 91.0 Å². The molecule has 0 aliphatic carbocycles. The third-order valence-corrected chi connectivity index (χ3v) is 11.5. The fourth-order valence-corrected chi connectivity index (χ4v) is 8.69. The first-order valence-electron chi connectivity index (χ1n) is 19.0. The van der Waals surface area contributed by atoms with Crippen molar-refractivity contribution in [2.24, 2.45) is 0 Å². The van der Waals surface area contributed by atoms with Gasteiger partial charge in [0.25, 0.3) is 0 Å². The van der Waals surface area contributed by atoms with Gasteiger partial charge in [0.15, 0.2) is 17.5 Å². The maximum Gasteiger partial charge on any atom is 0.164 e. The van der Waals surface area contributed by atoms with Gasteiger partial charge in [-0.25, -0.2) is 15.0 Å². The molecular formula is C51H27N3O3. The minimum Gasteiger partial charge on any atom is -0.455 e. The van der Waals surface area contributed by atoms with Gasteiger partial charge in [-0.1, -0.05) is 91.0 Å². The Bertz CT molecular complexity index is 3420. The molecule has 0 N–H and O–H groups in total. The fourth-order valence-electron chi connectivity index (χ4n) is 8.69. The Balaban J connectivity index is 1.03. The van der Waals surface area contributed by atoms with E-state index in [1.807, 2.05) is 72.8 Å². The second kappa shape index (κ2) is 11.4. The third kappa shape index (κ3) is 4.49. The summed E-state index contributed by atoms with van der Waals surface area (Å²) in [7, 11) is 0. The van der Waals surface area contributed by atoms with Crippen molar-refractivity contribution >= 4 is 98.1 Å². The zero-order valence-electron chi connectivity index (χ0n) is 30.2. The van der Waals surface area contributed by atoms with Crippen molar-refractivity contribution in [1.82, 2.24) is 15.0 Å². The van der Waals surface area contributed by atoms with E-state index < -0.39 is 0 Å². The summed E-state index contributed by atoms with van der Waals surface area (Å²) in [5, 5.41) is 12.9. The van der Waals surface area contributed by atoms with Crippen LogP contribution in [-0.4, -0.2) is 15.0 Å². The topological polar surface area (TPSA) is 78.1 Å². The molecule has 0 radical (unpaired) electrons. The van der Waals surface area contributed by atoms with E-state index in [4.69, 9.17) is 28.2 Å². The molecule has 0 spiro atoms. The summed E-state index contributed by atoms with van der Waals surface area (Å²) in [6.07, 6.45) is 0. The Hall–Kier alpha value is -7.83. The van der Waals surface area contributed by atoms with Crippen LogP contribution in [0.25, 0.3) is 132 Å². The second-order valence-electron chi connectivity index (χ2n) is 14.7. The third-order valence-electron chi connectivity index (χ3n) is 11.5. The van der Waals surface area contributed by atoms with Gasteiger partial charge in [-0.15, -0.1) is 0 Å². The van der Waals surface area contributed by atoms with Crippen LogP contribution in [-0.2, 0) is 0 Å². The van der Waals surface area contributed by atoms with Crippen molar-refractivity contribution < 1.29 is 13.3 Å². The van der Waals surface area contributed by atoms with Crippen molar-refractivity contribution in [2.45, 2.75) is 0 Å². The predicted molar refractivity (Wildman–Crippen MR) is 230 cm³/mol. The van der Waals surface area contributed by atoms with Gasteiger partial charge in [0.05, 0.1) is 0 Å². The van der Waals surface area contributed by atoms with E-state index in [1.54, 1.807) is 0 Å². The van der Waals surface area contributed by atoms with Crippen LogP contribution in [0.1, 0.15) is 0 Å². The van der Waals surface area contributed by atoms with Crippen molar-refractivity contribution in [3.63, 3.8) is 0 Å². The van der Waals surface area contributed by atoms with Gasteiger partial charge >= 0.3 is 0 Å². The minimum absolute atomic E-state index is 0.568. The molecule has 0 aliphatic heterocycles. The maximum absolute atomic E-state index is 6.46. The number of nitrogens with zero attached hydrogens (tertiary/aromatic N) is 3. The number of aromatic nitrogens is 3. The van der Waals surface area contributed by atoms with Crippen LogP contribution in [0.2, 0.25) is 0 Å². The molecule has 0 saturated heterocycles. The van der Waals surface area contributed by atoms with E-state index in [1.165, 1.54) is 0 Å². The van der Waals surface area contributed by atoms with Crippen LogP contribution < -0.4 is 0 Å². The highest BCUT2D eigenvalue weighted by molar-refractivity contribution is 6.18. The van der Waals surface area contributed by atoms with Gasteiger partial charge in [-0.3, -0.25) is 0 Å². The Morgan fingerprint density at radius 2 is 0.579 bits per heavy atom. The number of furan rings is 3. The summed E-state index contributed by atoms with van der Waals surface area (Å²) in [5.74, 6) is 1.70. The summed E-state index contributed by atoms with van der Waals surface area (Å²) in [5.41, 5.74) is 7.66. The monoisotopic (exact) mass is 729 g/mol. The molecule has 9 aromatic carbocycles. The zero-order valence-corrected chi connectivity index (χ0v) is 30.2. The van der Waals surface area contributed by atoms with Crippen LogP contribution >= 0.6 is 0 Å². The molecule has 6 nitrogen and oxygen atoms in total. The van der Waals surface area contributed by atoms with E-state index in [0.717, 1.165) is 115 Å². The average molecular weight is 730 g/mol. The van der Waals surface area contributed by atoms with Crippen LogP contribution in [0, 0.1) is 0 Å². The molecule has 4 heterocycles. The van der Waals surface area contributed by atoms with Crippen molar-refractivity contribution in [1.29, 1.82) is 0 Å². The SMILES string of the molecule is c1ccc2c(c1)ccc1c3cc(-c4nc(-c5ccc6oc7c8ccccc8ccc7c6c5)nc(-c5ccc6oc7c8ccccc8ccc7c6c5)n4)ccc3oc21. The number of benzene rings is 9. The van der Waals surface area contributed by atoms with Gasteiger partial charge in [-0.2, -0.15) is 0 Å². The van der Waals surface area contributed by atoms with Gasteiger partial charge in [-0.05, 0) is 89.0 Å². The van der Waals surface area contributed by atoms with Crippen LogP contribution in [0.5, 0.6) is 0 Å². The van der Waals surface area contributed by atoms with Gasteiger partial charge in [0.1, 0.15) is 33.5 Å². The molecule has 13 rings (SSSR count). The second-order valence-corrected chi connectivity index (χ2v) is 14.7. The van der Waals surface area contributed by atoms with Crippen molar-refractivity contribution in [3.8, 4) is 34.2 Å². The Morgan fingerprint density at radius 3 is 0.912 bits per heavy atom. The first-order valence-corrected chi connectivity index (χ1v) is 19.0. The molecule has 0 bridgehead atoms. The lowest BCUT2D eigenvalue weighted by Crippen LogP contribution is -2.00. The largest absolute Gasteiger partial charge is 0.455 e. The lowest BCUT2D eigenvalue weighted by Gasteiger charge is -2.09. The predicted octanol–water partition coefficient (Wildman–Crippen LogP) is 14.0. The number of rotatable bonds is 3. The summed E-state index contributed by atoms with van der Waals surface area (Å²) in [6, 6.07) is 56.4. The normalized spacial score (nSPS) is 12.2. The van der Waals surface area contributed by atoms with E-state index in [0.29, 0.717) is 17.5 Å². The zero-order chi connectivity index (χ0) is 37.2. The number of hydrogen-bond acceptors (Lipinski definition) is 6. The van der Waals surface area contributed by atoms with Gasteiger partial charge < -0.3 is 13.3 Å². The fraction of sp³-hybridized carbons (Fsp3) is 0. The molecular weight excluding hydrogens is 703 g/mol. The molecule has 0 aliphatic rings. The molecule has 6 heteroatoms. The molecule has 0 amide bonds. The van der Waals surface area contributed by atoms with E-state index in [9.17, 15) is 0 Å². The van der Waals surface area contributed by atoms with Crippen LogP contribution in [0.15, 0.2) is 177 Å². The van der Waals surface area contributed by atoms with Crippen LogP contribution in [0.4, 0.5) is 0 Å². The van der Waals surface area contributed by atoms with Crippen molar-refractivity contribution in [2.75, 3.05) is 0 Å². The van der Waals surface area contributed by atoms with E-state index >= 15 is 0 Å². The summed E-state index contributed by atoms with van der Waals surface area (Å²) >= 11 is 0. The molecule has 0 unspecified atom stereocenters. The van der Waals surface area contributed by atoms with E-state index in [-0.39, 0.29) is 0 Å². The first kappa shape index (κ1) is 30.5. The standard InChI is InChI=1S/C51H27N3O3/c1-4-10-34-28(7-1)13-19-37-40-25-31(16-22-43(40)55-46(34)37)49-52-50(32-17-23-44-41(26-32)38-20-14-29-8-2-5-11-35(29)47(38)56-44)54-51(53-49)33-18-24-45-42(27-33)39-21-15-30-9-3-6-12-36(30)48(39)57-45/h1-27H. The van der Waals surface area contributed by atoms with Gasteiger partial charge in [0.2, 0.25) is 0 Å².